The summed E-state index contributed by atoms with van der Waals surface area (Å²) in [4.78, 5) is 9.81. The molecule has 0 aliphatic carbocycles. The Balaban J connectivity index is 2.41. The van der Waals surface area contributed by atoms with Gasteiger partial charge in [-0.05, 0) is 26.1 Å². The molecule has 2 rings (SSSR count). The Hall–Kier alpha value is -1.46. The maximum atomic E-state index is 5.34. The number of hydrogen-bond donors (Lipinski definition) is 1. The van der Waals surface area contributed by atoms with Gasteiger partial charge in [0, 0.05) is 17.3 Å². The van der Waals surface area contributed by atoms with E-state index in [1.807, 2.05) is 32.3 Å². The average molecular weight is 249 g/mol. The first kappa shape index (κ1) is 12.0. The first-order chi connectivity index (χ1) is 8.26. The van der Waals surface area contributed by atoms with Crippen LogP contribution in [0.4, 0.5) is 0 Å². The van der Waals surface area contributed by atoms with E-state index in [0.717, 1.165) is 21.3 Å². The summed E-state index contributed by atoms with van der Waals surface area (Å²) in [6.45, 7) is 2.00. The van der Waals surface area contributed by atoms with Gasteiger partial charge in [-0.25, -0.2) is 4.98 Å². The van der Waals surface area contributed by atoms with Gasteiger partial charge in [-0.3, -0.25) is 4.98 Å². The Morgan fingerprint density at radius 3 is 2.82 bits per heavy atom. The number of pyridine rings is 1. The quantitative estimate of drug-likeness (QED) is 0.902. The lowest BCUT2D eigenvalue weighted by Gasteiger charge is -2.16. The summed E-state index contributed by atoms with van der Waals surface area (Å²) in [5.41, 5.74) is 0.890. The second-order valence-corrected chi connectivity index (χ2v) is 4.86. The van der Waals surface area contributed by atoms with Gasteiger partial charge in [0.05, 0.1) is 18.2 Å². The summed E-state index contributed by atoms with van der Waals surface area (Å²) >= 11 is 1.67. The number of methoxy groups -OCH3 is 1. The van der Waals surface area contributed by atoms with E-state index in [1.165, 1.54) is 0 Å². The van der Waals surface area contributed by atoms with Gasteiger partial charge in [0.15, 0.2) is 0 Å². The zero-order valence-electron chi connectivity index (χ0n) is 10.1. The number of nitrogens with zero attached hydrogens (tertiary/aromatic N) is 2. The van der Waals surface area contributed by atoms with Gasteiger partial charge < -0.3 is 10.1 Å². The van der Waals surface area contributed by atoms with E-state index in [2.05, 4.69) is 15.3 Å². The van der Waals surface area contributed by atoms with Crippen LogP contribution in [0.15, 0.2) is 24.5 Å². The van der Waals surface area contributed by atoms with Crippen molar-refractivity contribution in [1.29, 1.82) is 0 Å². The van der Waals surface area contributed by atoms with Crippen LogP contribution < -0.4 is 10.1 Å². The summed E-state index contributed by atoms with van der Waals surface area (Å²) in [6.07, 6.45) is 3.66. The highest BCUT2D eigenvalue weighted by Crippen LogP contribution is 2.30. The Bertz CT molecular complexity index is 498. The number of ether oxygens (including phenoxy) is 1. The third-order valence-corrected chi connectivity index (χ3v) is 3.48. The monoisotopic (exact) mass is 249 g/mol. The minimum absolute atomic E-state index is 0.0253. The zero-order chi connectivity index (χ0) is 12.3. The molecule has 0 aliphatic heterocycles. The Morgan fingerprint density at radius 2 is 2.24 bits per heavy atom. The largest absolute Gasteiger partial charge is 0.495 e. The molecule has 1 N–H and O–H groups in total. The van der Waals surface area contributed by atoms with Crippen molar-refractivity contribution in [3.05, 3.63) is 40.1 Å². The number of nitrogens with one attached hydrogen (secondary N) is 1. The van der Waals surface area contributed by atoms with Gasteiger partial charge in [-0.15, -0.1) is 11.3 Å². The fraction of sp³-hybridized carbons (Fsp3) is 0.333. The van der Waals surface area contributed by atoms with Crippen LogP contribution in [0.3, 0.4) is 0 Å². The molecule has 0 saturated carbocycles. The minimum atomic E-state index is 0.0253. The molecule has 4 nitrogen and oxygen atoms in total. The smallest absolute Gasteiger partial charge is 0.142 e. The van der Waals surface area contributed by atoms with Crippen LogP contribution in [0, 0.1) is 6.92 Å². The highest BCUT2D eigenvalue weighted by molar-refractivity contribution is 7.11. The molecule has 5 heteroatoms. The highest BCUT2D eigenvalue weighted by Gasteiger charge is 2.19. The lowest BCUT2D eigenvalue weighted by Crippen LogP contribution is -2.18. The average Bonchev–Trinajstić information content (AvgIpc) is 2.77. The van der Waals surface area contributed by atoms with E-state index in [-0.39, 0.29) is 6.04 Å². The fourth-order valence-electron chi connectivity index (χ4n) is 1.72. The van der Waals surface area contributed by atoms with Crippen molar-refractivity contribution in [1.82, 2.24) is 15.3 Å². The number of hydrogen-bond acceptors (Lipinski definition) is 5. The predicted octanol–water partition coefficient (Wildman–Crippen LogP) is 2.16. The van der Waals surface area contributed by atoms with Crippen molar-refractivity contribution in [3.8, 4) is 5.75 Å². The summed E-state index contributed by atoms with van der Waals surface area (Å²) in [5, 5.41) is 4.30. The second kappa shape index (κ2) is 5.25. The van der Waals surface area contributed by atoms with Gasteiger partial charge in [-0.2, -0.15) is 0 Å². The van der Waals surface area contributed by atoms with Gasteiger partial charge >= 0.3 is 0 Å². The molecule has 2 aromatic rings. The summed E-state index contributed by atoms with van der Waals surface area (Å²) < 4.78 is 5.34. The fourth-order valence-corrected chi connectivity index (χ4v) is 2.62. The van der Waals surface area contributed by atoms with E-state index >= 15 is 0 Å². The molecule has 0 aliphatic rings. The number of aromatic nitrogens is 2. The summed E-state index contributed by atoms with van der Waals surface area (Å²) in [7, 11) is 3.57. The molecular weight excluding hydrogens is 234 g/mol. The van der Waals surface area contributed by atoms with Crippen LogP contribution >= 0.6 is 11.3 Å². The summed E-state index contributed by atoms with van der Waals surface area (Å²) in [6, 6.07) is 3.81. The van der Waals surface area contributed by atoms with Crippen LogP contribution in [-0.2, 0) is 0 Å². The molecule has 1 atom stereocenters. The lowest BCUT2D eigenvalue weighted by atomic mass is 10.1. The molecule has 17 heavy (non-hydrogen) atoms. The zero-order valence-corrected chi connectivity index (χ0v) is 10.9. The molecule has 2 heterocycles. The molecule has 90 valence electrons. The third-order valence-electron chi connectivity index (χ3n) is 2.51. The molecule has 0 amide bonds. The number of aryl methyl sites for hydroxylation is 1. The van der Waals surface area contributed by atoms with Crippen LogP contribution in [0.5, 0.6) is 5.75 Å². The van der Waals surface area contributed by atoms with Gasteiger partial charge in [0.2, 0.25) is 0 Å². The molecule has 0 fully saturated rings. The summed E-state index contributed by atoms with van der Waals surface area (Å²) in [5.74, 6) is 0.790. The van der Waals surface area contributed by atoms with Crippen molar-refractivity contribution < 1.29 is 4.74 Å². The Labute approximate surface area is 105 Å². The molecule has 0 aromatic carbocycles. The normalized spacial score (nSPS) is 12.4. The lowest BCUT2D eigenvalue weighted by molar-refractivity contribution is 0.402. The SMILES string of the molecule is CNC(c1cnc(C)s1)c1ncccc1OC. The van der Waals surface area contributed by atoms with Gasteiger partial charge in [-0.1, -0.05) is 0 Å². The molecule has 0 saturated heterocycles. The van der Waals surface area contributed by atoms with Crippen molar-refractivity contribution in [2.45, 2.75) is 13.0 Å². The number of thiazole rings is 1. The standard InChI is InChI=1S/C12H15N3OS/c1-8-15-7-10(17-8)12(13-2)11-9(16-3)5-4-6-14-11/h4-7,12-13H,1-3H3. The maximum Gasteiger partial charge on any atom is 0.142 e. The third kappa shape index (κ3) is 2.45. The van der Waals surface area contributed by atoms with E-state index in [0.29, 0.717) is 0 Å². The predicted molar refractivity (Wildman–Crippen MR) is 68.5 cm³/mol. The van der Waals surface area contributed by atoms with Crippen molar-refractivity contribution in [2.75, 3.05) is 14.2 Å². The van der Waals surface area contributed by atoms with Gasteiger partial charge in [0.25, 0.3) is 0 Å². The first-order valence-corrected chi connectivity index (χ1v) is 6.16. The van der Waals surface area contributed by atoms with Crippen LogP contribution in [0.2, 0.25) is 0 Å². The maximum absolute atomic E-state index is 5.34. The molecule has 0 bridgehead atoms. The highest BCUT2D eigenvalue weighted by atomic mass is 32.1. The second-order valence-electron chi connectivity index (χ2n) is 3.59. The van der Waals surface area contributed by atoms with Crippen molar-refractivity contribution >= 4 is 11.3 Å². The van der Waals surface area contributed by atoms with Crippen LogP contribution in [0.1, 0.15) is 21.6 Å². The van der Waals surface area contributed by atoms with E-state index in [4.69, 9.17) is 4.74 Å². The van der Waals surface area contributed by atoms with Crippen LogP contribution in [0.25, 0.3) is 0 Å². The van der Waals surface area contributed by atoms with Crippen molar-refractivity contribution in [3.63, 3.8) is 0 Å². The van der Waals surface area contributed by atoms with Crippen molar-refractivity contribution in [2.24, 2.45) is 0 Å². The minimum Gasteiger partial charge on any atom is -0.495 e. The topological polar surface area (TPSA) is 47.0 Å². The van der Waals surface area contributed by atoms with Gasteiger partial charge in [0.1, 0.15) is 11.4 Å². The molecular formula is C12H15N3OS. The van der Waals surface area contributed by atoms with E-state index in [9.17, 15) is 0 Å². The molecule has 2 aromatic heterocycles. The van der Waals surface area contributed by atoms with E-state index in [1.54, 1.807) is 24.6 Å². The molecule has 1 unspecified atom stereocenters. The molecule has 0 spiro atoms. The van der Waals surface area contributed by atoms with Crippen LogP contribution in [-0.4, -0.2) is 24.1 Å². The molecule has 0 radical (unpaired) electrons. The first-order valence-electron chi connectivity index (χ1n) is 5.34. The number of rotatable bonds is 4. The Kier molecular flexibility index (Phi) is 3.71. The Morgan fingerprint density at radius 1 is 1.41 bits per heavy atom. The van der Waals surface area contributed by atoms with E-state index < -0.39 is 0 Å².